The highest BCUT2D eigenvalue weighted by Gasteiger charge is 2.18. The van der Waals surface area contributed by atoms with Crippen molar-refractivity contribution in [3.05, 3.63) is 55.1 Å². The fraction of sp³-hybridized carbons (Fsp3) is 0.238. The maximum absolute atomic E-state index is 6.03. The minimum atomic E-state index is 0.299. The summed E-state index contributed by atoms with van der Waals surface area (Å²) in [6.07, 6.45) is 9.25. The molecule has 3 N–H and O–H groups in total. The summed E-state index contributed by atoms with van der Waals surface area (Å²) < 4.78 is 0. The van der Waals surface area contributed by atoms with Crippen LogP contribution in [-0.2, 0) is 0 Å². The Labute approximate surface area is 162 Å². The van der Waals surface area contributed by atoms with E-state index < -0.39 is 0 Å². The Hall–Kier alpha value is -3.32. The van der Waals surface area contributed by atoms with Crippen LogP contribution in [0.2, 0.25) is 0 Å². The Balaban J connectivity index is 1.53. The van der Waals surface area contributed by atoms with Crippen LogP contribution in [0, 0.1) is 0 Å². The van der Waals surface area contributed by atoms with Crippen molar-refractivity contribution in [1.82, 2.24) is 25.1 Å². The SMILES string of the molecule is NC1CCN(c2cc(-c3n[nH]c4cnc(-c5cccnc5)cc34)ccn2)CC1. The molecule has 1 saturated heterocycles. The summed E-state index contributed by atoms with van der Waals surface area (Å²) in [5.41, 5.74) is 10.7. The van der Waals surface area contributed by atoms with E-state index in [1.807, 2.05) is 36.8 Å². The largest absolute Gasteiger partial charge is 0.356 e. The van der Waals surface area contributed by atoms with Crippen LogP contribution in [0.1, 0.15) is 12.8 Å². The number of hydrogen-bond donors (Lipinski definition) is 2. The second kappa shape index (κ2) is 7.01. The average molecular weight is 371 g/mol. The van der Waals surface area contributed by atoms with Crippen molar-refractivity contribution in [3.63, 3.8) is 0 Å². The van der Waals surface area contributed by atoms with E-state index in [4.69, 9.17) is 5.73 Å². The number of anilines is 1. The van der Waals surface area contributed by atoms with Crippen LogP contribution < -0.4 is 10.6 Å². The summed E-state index contributed by atoms with van der Waals surface area (Å²) in [5.74, 6) is 0.974. The Bertz CT molecular complexity index is 1100. The van der Waals surface area contributed by atoms with Gasteiger partial charge in [0, 0.05) is 54.2 Å². The third-order valence-electron chi connectivity index (χ3n) is 5.29. The Morgan fingerprint density at radius 3 is 2.71 bits per heavy atom. The number of hydrogen-bond acceptors (Lipinski definition) is 6. The van der Waals surface area contributed by atoms with Gasteiger partial charge in [0.05, 0.1) is 17.4 Å². The predicted molar refractivity (Wildman–Crippen MR) is 110 cm³/mol. The fourth-order valence-electron chi connectivity index (χ4n) is 3.68. The molecule has 5 rings (SSSR count). The molecule has 0 aromatic carbocycles. The van der Waals surface area contributed by atoms with Gasteiger partial charge in [0.2, 0.25) is 0 Å². The number of nitrogens with zero attached hydrogens (tertiary/aromatic N) is 5. The van der Waals surface area contributed by atoms with Crippen molar-refractivity contribution in [2.75, 3.05) is 18.0 Å². The minimum absolute atomic E-state index is 0.299. The van der Waals surface area contributed by atoms with Gasteiger partial charge < -0.3 is 10.6 Å². The summed E-state index contributed by atoms with van der Waals surface area (Å²) >= 11 is 0. The maximum atomic E-state index is 6.03. The van der Waals surface area contributed by atoms with Gasteiger partial charge in [-0.25, -0.2) is 4.98 Å². The van der Waals surface area contributed by atoms with Gasteiger partial charge in [-0.3, -0.25) is 15.1 Å². The topological polar surface area (TPSA) is 96.6 Å². The number of pyridine rings is 3. The first-order chi connectivity index (χ1) is 13.8. The van der Waals surface area contributed by atoms with Crippen molar-refractivity contribution in [3.8, 4) is 22.5 Å². The van der Waals surface area contributed by atoms with Gasteiger partial charge in [-0.2, -0.15) is 5.10 Å². The summed E-state index contributed by atoms with van der Waals surface area (Å²) in [6, 6.07) is 10.4. The average Bonchev–Trinajstić information content (AvgIpc) is 3.18. The Morgan fingerprint density at radius 2 is 1.89 bits per heavy atom. The first-order valence-corrected chi connectivity index (χ1v) is 9.49. The van der Waals surface area contributed by atoms with E-state index in [-0.39, 0.29) is 0 Å². The molecule has 1 aliphatic heterocycles. The fourth-order valence-corrected chi connectivity index (χ4v) is 3.68. The molecule has 1 fully saturated rings. The number of fused-ring (bicyclic) bond motifs is 1. The second-order valence-corrected chi connectivity index (χ2v) is 7.16. The summed E-state index contributed by atoms with van der Waals surface area (Å²) in [4.78, 5) is 15.6. The molecule has 0 saturated carbocycles. The number of H-pyrrole nitrogens is 1. The van der Waals surface area contributed by atoms with E-state index in [2.05, 4.69) is 42.2 Å². The lowest BCUT2D eigenvalue weighted by atomic mass is 10.0. The van der Waals surface area contributed by atoms with Gasteiger partial charge in [0.1, 0.15) is 11.5 Å². The Kier molecular flexibility index (Phi) is 4.21. The number of nitrogens with one attached hydrogen (secondary N) is 1. The van der Waals surface area contributed by atoms with E-state index in [1.54, 1.807) is 6.20 Å². The number of rotatable bonds is 3. The molecule has 0 bridgehead atoms. The van der Waals surface area contributed by atoms with Crippen LogP contribution >= 0.6 is 0 Å². The van der Waals surface area contributed by atoms with Crippen molar-refractivity contribution in [2.24, 2.45) is 5.73 Å². The number of nitrogens with two attached hydrogens (primary N) is 1. The molecule has 7 heteroatoms. The number of aromatic nitrogens is 5. The molecule has 0 spiro atoms. The van der Waals surface area contributed by atoms with Crippen LogP contribution in [0.3, 0.4) is 0 Å². The van der Waals surface area contributed by atoms with Gasteiger partial charge in [0.25, 0.3) is 0 Å². The number of piperidine rings is 1. The summed E-state index contributed by atoms with van der Waals surface area (Å²) in [6.45, 7) is 1.88. The molecule has 7 nitrogen and oxygen atoms in total. The van der Waals surface area contributed by atoms with E-state index in [0.717, 1.165) is 65.2 Å². The Morgan fingerprint density at radius 1 is 1.00 bits per heavy atom. The van der Waals surface area contributed by atoms with Crippen molar-refractivity contribution >= 4 is 16.7 Å². The van der Waals surface area contributed by atoms with Gasteiger partial charge in [-0.15, -0.1) is 0 Å². The molecule has 5 heterocycles. The minimum Gasteiger partial charge on any atom is -0.356 e. The van der Waals surface area contributed by atoms with Crippen molar-refractivity contribution in [2.45, 2.75) is 18.9 Å². The predicted octanol–water partition coefficient (Wildman–Crippen LogP) is 3.01. The smallest absolute Gasteiger partial charge is 0.129 e. The summed E-state index contributed by atoms with van der Waals surface area (Å²) in [5, 5.41) is 8.68. The van der Waals surface area contributed by atoms with Crippen molar-refractivity contribution in [1.29, 1.82) is 0 Å². The second-order valence-electron chi connectivity index (χ2n) is 7.16. The molecule has 4 aromatic heterocycles. The van der Waals surface area contributed by atoms with E-state index in [0.29, 0.717) is 6.04 Å². The lowest BCUT2D eigenvalue weighted by Gasteiger charge is -2.31. The molecule has 1 aliphatic rings. The van der Waals surface area contributed by atoms with Gasteiger partial charge in [-0.05, 0) is 43.2 Å². The quantitative estimate of drug-likeness (QED) is 0.575. The third-order valence-corrected chi connectivity index (χ3v) is 5.29. The van der Waals surface area contributed by atoms with E-state index in [1.165, 1.54) is 0 Å². The van der Waals surface area contributed by atoms with Gasteiger partial charge >= 0.3 is 0 Å². The number of aromatic amines is 1. The molecule has 140 valence electrons. The van der Waals surface area contributed by atoms with Crippen LogP contribution in [0.15, 0.2) is 55.1 Å². The molecule has 0 unspecified atom stereocenters. The normalized spacial score (nSPS) is 15.2. The van der Waals surface area contributed by atoms with Crippen LogP contribution in [0.4, 0.5) is 5.82 Å². The van der Waals surface area contributed by atoms with Gasteiger partial charge in [-0.1, -0.05) is 0 Å². The molecular formula is C21H21N7. The molecule has 0 aliphatic carbocycles. The molecule has 4 aromatic rings. The first-order valence-electron chi connectivity index (χ1n) is 9.49. The van der Waals surface area contributed by atoms with Crippen LogP contribution in [0.5, 0.6) is 0 Å². The van der Waals surface area contributed by atoms with Crippen LogP contribution in [0.25, 0.3) is 33.4 Å². The highest BCUT2D eigenvalue weighted by Crippen LogP contribution is 2.30. The monoisotopic (exact) mass is 371 g/mol. The standard InChI is InChI=1S/C21H21N7/c22-16-4-8-28(9-5-16)20-10-14(3-7-24-20)21-17-11-18(15-2-1-6-23-12-15)25-13-19(17)26-27-21/h1-3,6-7,10-13,16H,4-5,8-9,22H2,(H,26,27). The van der Waals surface area contributed by atoms with Gasteiger partial charge in [0.15, 0.2) is 0 Å². The van der Waals surface area contributed by atoms with E-state index >= 15 is 0 Å². The van der Waals surface area contributed by atoms with Crippen LogP contribution in [-0.4, -0.2) is 44.3 Å². The zero-order chi connectivity index (χ0) is 18.9. The lowest BCUT2D eigenvalue weighted by Crippen LogP contribution is -2.40. The highest BCUT2D eigenvalue weighted by atomic mass is 15.2. The third kappa shape index (κ3) is 3.10. The lowest BCUT2D eigenvalue weighted by molar-refractivity contribution is 0.499. The molecule has 28 heavy (non-hydrogen) atoms. The summed E-state index contributed by atoms with van der Waals surface area (Å²) in [7, 11) is 0. The molecule has 0 amide bonds. The van der Waals surface area contributed by atoms with Crippen molar-refractivity contribution < 1.29 is 0 Å². The van der Waals surface area contributed by atoms with E-state index in [9.17, 15) is 0 Å². The zero-order valence-corrected chi connectivity index (χ0v) is 15.4. The molecule has 0 atom stereocenters. The molecular weight excluding hydrogens is 350 g/mol. The maximum Gasteiger partial charge on any atom is 0.129 e. The molecule has 0 radical (unpaired) electrons. The zero-order valence-electron chi connectivity index (χ0n) is 15.4. The highest BCUT2D eigenvalue weighted by molar-refractivity contribution is 5.94. The first kappa shape index (κ1) is 16.8.